The summed E-state index contributed by atoms with van der Waals surface area (Å²) < 4.78 is 7.80. The number of benzene rings is 1. The number of ether oxygens (including phenoxy) is 1. The van der Waals surface area contributed by atoms with Gasteiger partial charge in [0.15, 0.2) is 0 Å². The van der Waals surface area contributed by atoms with E-state index in [1.54, 1.807) is 13.4 Å². The van der Waals surface area contributed by atoms with E-state index in [0.29, 0.717) is 12.5 Å². The van der Waals surface area contributed by atoms with E-state index in [0.717, 1.165) is 22.4 Å². The Balaban J connectivity index is 2.23. The van der Waals surface area contributed by atoms with Crippen LogP contribution in [0.25, 0.3) is 22.2 Å². The van der Waals surface area contributed by atoms with Crippen LogP contribution in [0.1, 0.15) is 39.2 Å². The highest BCUT2D eigenvalue weighted by atomic mass is 16.5. The molecule has 0 unspecified atom stereocenters. The molecule has 0 amide bonds. The second-order valence-electron chi connectivity index (χ2n) is 7.59. The molecule has 0 bridgehead atoms. The molecule has 0 fully saturated rings. The van der Waals surface area contributed by atoms with Crippen molar-refractivity contribution in [2.75, 3.05) is 19.5 Å². The zero-order valence-electron chi connectivity index (χ0n) is 16.5. The van der Waals surface area contributed by atoms with Crippen LogP contribution < -0.4 is 5.32 Å². The van der Waals surface area contributed by atoms with Gasteiger partial charge in [0.1, 0.15) is 17.8 Å². The number of anilines is 1. The predicted molar refractivity (Wildman–Crippen MR) is 108 cm³/mol. The van der Waals surface area contributed by atoms with Gasteiger partial charge in [0, 0.05) is 25.9 Å². The van der Waals surface area contributed by atoms with Crippen molar-refractivity contribution in [1.82, 2.24) is 14.5 Å². The van der Waals surface area contributed by atoms with Gasteiger partial charge < -0.3 is 14.6 Å². The van der Waals surface area contributed by atoms with E-state index >= 15 is 0 Å². The van der Waals surface area contributed by atoms with Crippen LogP contribution in [0, 0.1) is 0 Å². The largest absolute Gasteiger partial charge is 0.377 e. The fraction of sp³-hybridized carbons (Fsp3) is 0.429. The lowest BCUT2D eigenvalue weighted by Crippen LogP contribution is -2.28. The van der Waals surface area contributed by atoms with Crippen molar-refractivity contribution in [1.29, 1.82) is 0 Å². The highest BCUT2D eigenvalue weighted by molar-refractivity contribution is 6.01. The Labute approximate surface area is 155 Å². The number of nitrogens with one attached hydrogen (secondary N) is 1. The molecule has 0 saturated heterocycles. The number of methoxy groups -OCH3 is 1. The van der Waals surface area contributed by atoms with E-state index < -0.39 is 0 Å². The minimum atomic E-state index is -0.284. The summed E-state index contributed by atoms with van der Waals surface area (Å²) in [4.78, 5) is 9.00. The third kappa shape index (κ3) is 3.44. The molecule has 0 aliphatic heterocycles. The average Bonchev–Trinajstić information content (AvgIpc) is 3.00. The van der Waals surface area contributed by atoms with Crippen molar-refractivity contribution in [3.8, 4) is 11.1 Å². The van der Waals surface area contributed by atoms with E-state index in [4.69, 9.17) is 4.74 Å². The minimum absolute atomic E-state index is 0.284. The standard InChI is InChI=1S/C21H28N4O/c1-14(2)15-8-7-9-16(10-15)17-11-25(12-21(3,4)26-6)20-18(17)19(22-5)23-13-24-20/h7-11,13-14H,12H2,1-6H3,(H,22,23,24). The Bertz CT molecular complexity index is 912. The molecule has 5 nitrogen and oxygen atoms in total. The monoisotopic (exact) mass is 352 g/mol. The van der Waals surface area contributed by atoms with Crippen molar-refractivity contribution in [2.24, 2.45) is 0 Å². The Morgan fingerprint density at radius 2 is 2.00 bits per heavy atom. The Morgan fingerprint density at radius 3 is 2.65 bits per heavy atom. The summed E-state index contributed by atoms with van der Waals surface area (Å²) in [6.45, 7) is 9.30. The zero-order valence-corrected chi connectivity index (χ0v) is 16.5. The number of fused-ring (bicyclic) bond motifs is 1. The number of nitrogens with zero attached hydrogens (tertiary/aromatic N) is 3. The second-order valence-corrected chi connectivity index (χ2v) is 7.59. The molecule has 1 N–H and O–H groups in total. The van der Waals surface area contributed by atoms with Crippen LogP contribution in [-0.4, -0.2) is 34.3 Å². The van der Waals surface area contributed by atoms with Gasteiger partial charge in [-0.15, -0.1) is 0 Å². The molecular formula is C21H28N4O. The number of aromatic nitrogens is 3. The molecule has 2 aromatic heterocycles. The molecule has 3 rings (SSSR count). The van der Waals surface area contributed by atoms with Crippen LogP contribution in [0.3, 0.4) is 0 Å². The summed E-state index contributed by atoms with van der Waals surface area (Å²) in [6.07, 6.45) is 3.78. The first kappa shape index (κ1) is 18.4. The first-order valence-corrected chi connectivity index (χ1v) is 9.03. The number of hydrogen-bond acceptors (Lipinski definition) is 4. The lowest BCUT2D eigenvalue weighted by Gasteiger charge is -2.23. The summed E-state index contributed by atoms with van der Waals surface area (Å²) in [5.74, 6) is 1.32. The van der Waals surface area contributed by atoms with Gasteiger partial charge >= 0.3 is 0 Å². The first-order chi connectivity index (χ1) is 12.4. The van der Waals surface area contributed by atoms with Crippen molar-refractivity contribution in [2.45, 2.75) is 45.8 Å². The summed E-state index contributed by atoms with van der Waals surface area (Å²) in [5.41, 5.74) is 4.28. The van der Waals surface area contributed by atoms with E-state index in [-0.39, 0.29) is 5.60 Å². The molecule has 0 atom stereocenters. The SMILES string of the molecule is CNc1ncnc2c1c(-c1cccc(C(C)C)c1)cn2CC(C)(C)OC. The van der Waals surface area contributed by atoms with Crippen molar-refractivity contribution in [3.63, 3.8) is 0 Å². The molecule has 0 spiro atoms. The van der Waals surface area contributed by atoms with E-state index in [9.17, 15) is 0 Å². The lowest BCUT2D eigenvalue weighted by atomic mass is 9.97. The van der Waals surface area contributed by atoms with E-state index in [1.165, 1.54) is 11.1 Å². The van der Waals surface area contributed by atoms with Crippen molar-refractivity contribution in [3.05, 3.63) is 42.4 Å². The third-order valence-electron chi connectivity index (χ3n) is 4.86. The topological polar surface area (TPSA) is 52.0 Å². The van der Waals surface area contributed by atoms with Gasteiger partial charge in [0.25, 0.3) is 0 Å². The smallest absolute Gasteiger partial charge is 0.146 e. The Hall–Kier alpha value is -2.40. The van der Waals surface area contributed by atoms with Gasteiger partial charge in [-0.05, 0) is 30.9 Å². The van der Waals surface area contributed by atoms with Crippen LogP contribution in [0.15, 0.2) is 36.8 Å². The highest BCUT2D eigenvalue weighted by Crippen LogP contribution is 2.35. The summed E-state index contributed by atoms with van der Waals surface area (Å²) in [5, 5.41) is 4.26. The fourth-order valence-corrected chi connectivity index (χ4v) is 3.19. The van der Waals surface area contributed by atoms with Crippen molar-refractivity contribution >= 4 is 16.9 Å². The maximum Gasteiger partial charge on any atom is 0.146 e. The molecule has 0 aliphatic carbocycles. The van der Waals surface area contributed by atoms with Crippen LogP contribution in [0.4, 0.5) is 5.82 Å². The molecule has 3 aromatic rings. The van der Waals surface area contributed by atoms with Crippen molar-refractivity contribution < 1.29 is 4.74 Å². The minimum Gasteiger partial charge on any atom is -0.377 e. The van der Waals surface area contributed by atoms with Gasteiger partial charge in [0.05, 0.1) is 17.5 Å². The molecule has 2 heterocycles. The molecule has 0 aliphatic rings. The summed E-state index contributed by atoms with van der Waals surface area (Å²) in [6, 6.07) is 8.71. The predicted octanol–water partition coefficient (Wildman–Crippen LogP) is 4.69. The van der Waals surface area contributed by atoms with Gasteiger partial charge in [0.2, 0.25) is 0 Å². The second kappa shape index (κ2) is 7.08. The fourth-order valence-electron chi connectivity index (χ4n) is 3.19. The molecule has 5 heteroatoms. The molecule has 0 saturated carbocycles. The quantitative estimate of drug-likeness (QED) is 0.699. The zero-order chi connectivity index (χ0) is 18.9. The molecule has 138 valence electrons. The average molecular weight is 352 g/mol. The molecule has 1 aromatic carbocycles. The summed E-state index contributed by atoms with van der Waals surface area (Å²) >= 11 is 0. The molecule has 26 heavy (non-hydrogen) atoms. The lowest BCUT2D eigenvalue weighted by molar-refractivity contribution is 0.00904. The van der Waals surface area contributed by atoms with E-state index in [2.05, 4.69) is 78.0 Å². The van der Waals surface area contributed by atoms with Gasteiger partial charge in [-0.3, -0.25) is 0 Å². The number of hydrogen-bond donors (Lipinski definition) is 1. The summed E-state index contributed by atoms with van der Waals surface area (Å²) in [7, 11) is 3.64. The first-order valence-electron chi connectivity index (χ1n) is 9.03. The van der Waals surface area contributed by atoms with E-state index in [1.807, 2.05) is 7.05 Å². The maximum atomic E-state index is 5.63. The third-order valence-corrected chi connectivity index (χ3v) is 4.86. The highest BCUT2D eigenvalue weighted by Gasteiger charge is 2.22. The number of rotatable bonds is 6. The van der Waals surface area contributed by atoms with Crippen LogP contribution in [-0.2, 0) is 11.3 Å². The van der Waals surface area contributed by atoms with Crippen LogP contribution in [0.5, 0.6) is 0 Å². The Morgan fingerprint density at radius 1 is 1.23 bits per heavy atom. The van der Waals surface area contributed by atoms with Crippen LogP contribution >= 0.6 is 0 Å². The maximum absolute atomic E-state index is 5.63. The molecule has 0 radical (unpaired) electrons. The normalized spacial score (nSPS) is 12.1. The molecular weight excluding hydrogens is 324 g/mol. The van der Waals surface area contributed by atoms with Crippen LogP contribution in [0.2, 0.25) is 0 Å². The van der Waals surface area contributed by atoms with Gasteiger partial charge in [-0.1, -0.05) is 38.1 Å². The van der Waals surface area contributed by atoms with Gasteiger partial charge in [-0.2, -0.15) is 0 Å². The van der Waals surface area contributed by atoms with Gasteiger partial charge in [-0.25, -0.2) is 9.97 Å². The Kier molecular flexibility index (Phi) is 5.01.